The molecule has 0 radical (unpaired) electrons. The van der Waals surface area contributed by atoms with Crippen LogP contribution in [-0.2, 0) is 6.42 Å². The molecule has 1 unspecified atom stereocenters. The molecule has 0 aromatic heterocycles. The van der Waals surface area contributed by atoms with Crippen molar-refractivity contribution in [2.75, 3.05) is 46.9 Å². The largest absolute Gasteiger partial charge is 0.493 e. The fraction of sp³-hybridized carbons (Fsp3) is 0.625. The topological polar surface area (TPSA) is 33.7 Å². The van der Waals surface area contributed by atoms with Crippen molar-refractivity contribution in [2.45, 2.75) is 19.5 Å². The Balaban J connectivity index is 2.13. The summed E-state index contributed by atoms with van der Waals surface area (Å²) in [5, 5.41) is 3.34. The molecule has 0 amide bonds. The van der Waals surface area contributed by atoms with E-state index in [0.29, 0.717) is 17.1 Å². The number of nitrogens with zero attached hydrogens (tertiary/aromatic N) is 1. The van der Waals surface area contributed by atoms with Gasteiger partial charge in [0.2, 0.25) is 0 Å². The number of benzene rings is 1. The minimum absolute atomic E-state index is 0.499. The van der Waals surface area contributed by atoms with Gasteiger partial charge in [0.1, 0.15) is 6.17 Å². The first-order valence-electron chi connectivity index (χ1n) is 7.47. The smallest absolute Gasteiger partial charge is 0.166 e. The van der Waals surface area contributed by atoms with Crippen LogP contribution in [0.3, 0.4) is 0 Å². The number of ether oxygens (including phenoxy) is 2. The highest BCUT2D eigenvalue weighted by molar-refractivity contribution is 5.50. The van der Waals surface area contributed by atoms with Crippen molar-refractivity contribution in [1.29, 1.82) is 0 Å². The predicted molar refractivity (Wildman–Crippen MR) is 82.1 cm³/mol. The van der Waals surface area contributed by atoms with E-state index in [1.54, 1.807) is 14.2 Å². The number of methoxy groups -OCH3 is 2. The Bertz CT molecular complexity index is 460. The van der Waals surface area contributed by atoms with Crippen molar-refractivity contribution in [3.63, 3.8) is 0 Å². The number of nitrogens with one attached hydrogen (secondary N) is 1. The van der Waals surface area contributed by atoms with Gasteiger partial charge in [0, 0.05) is 38.3 Å². The van der Waals surface area contributed by atoms with Gasteiger partial charge in [0.25, 0.3) is 0 Å². The van der Waals surface area contributed by atoms with Crippen LogP contribution in [0.1, 0.15) is 24.2 Å². The Hall–Kier alpha value is -1.33. The second-order valence-electron chi connectivity index (χ2n) is 5.38. The van der Waals surface area contributed by atoms with Crippen molar-refractivity contribution >= 4 is 0 Å². The van der Waals surface area contributed by atoms with E-state index in [9.17, 15) is 4.39 Å². The van der Waals surface area contributed by atoms with E-state index in [-0.39, 0.29) is 0 Å². The van der Waals surface area contributed by atoms with Gasteiger partial charge in [-0.2, -0.15) is 0 Å². The quantitative estimate of drug-likeness (QED) is 0.872. The van der Waals surface area contributed by atoms with Gasteiger partial charge in [-0.3, -0.25) is 0 Å². The molecule has 1 aromatic rings. The van der Waals surface area contributed by atoms with Crippen LogP contribution in [0.25, 0.3) is 0 Å². The van der Waals surface area contributed by atoms with E-state index in [0.717, 1.165) is 44.7 Å². The second kappa shape index (κ2) is 7.61. The minimum atomic E-state index is -1.08. The van der Waals surface area contributed by atoms with Gasteiger partial charge in [-0.15, -0.1) is 0 Å². The summed E-state index contributed by atoms with van der Waals surface area (Å²) in [6.07, 6.45) is -0.187. The van der Waals surface area contributed by atoms with Crippen LogP contribution in [0, 0.1) is 0 Å². The molecule has 1 aliphatic rings. The number of piperazine rings is 1. The van der Waals surface area contributed by atoms with E-state index >= 15 is 0 Å². The molecule has 1 heterocycles. The van der Waals surface area contributed by atoms with E-state index < -0.39 is 6.17 Å². The molecule has 21 heavy (non-hydrogen) atoms. The number of alkyl halides is 1. The standard InChI is InChI=1S/C16H25FN2O2/c1-12(17)14-10-13(11-15(20-2)16(14)21-3)4-7-19-8-5-18-6-9-19/h10-12,18H,4-9H2,1-3H3. The summed E-state index contributed by atoms with van der Waals surface area (Å²) in [5.74, 6) is 1.10. The van der Waals surface area contributed by atoms with Crippen LogP contribution in [0.15, 0.2) is 12.1 Å². The monoisotopic (exact) mass is 296 g/mol. The molecule has 5 heteroatoms. The average Bonchev–Trinajstić information content (AvgIpc) is 2.52. The molecule has 1 saturated heterocycles. The van der Waals surface area contributed by atoms with E-state index in [4.69, 9.17) is 9.47 Å². The van der Waals surface area contributed by atoms with Crippen LogP contribution in [0.5, 0.6) is 11.5 Å². The highest BCUT2D eigenvalue weighted by atomic mass is 19.1. The van der Waals surface area contributed by atoms with Crippen molar-refractivity contribution < 1.29 is 13.9 Å². The first kappa shape index (κ1) is 16.0. The van der Waals surface area contributed by atoms with Crippen molar-refractivity contribution in [2.24, 2.45) is 0 Å². The summed E-state index contributed by atoms with van der Waals surface area (Å²) >= 11 is 0. The van der Waals surface area contributed by atoms with Gasteiger partial charge in [-0.25, -0.2) is 4.39 Å². The molecule has 0 aliphatic carbocycles. The Labute approximate surface area is 126 Å². The normalized spacial score (nSPS) is 17.5. The molecule has 1 atom stereocenters. The third-order valence-electron chi connectivity index (χ3n) is 3.92. The van der Waals surface area contributed by atoms with Crippen LogP contribution in [0.4, 0.5) is 4.39 Å². The zero-order chi connectivity index (χ0) is 15.2. The third kappa shape index (κ3) is 4.08. The summed E-state index contributed by atoms with van der Waals surface area (Å²) in [4.78, 5) is 2.42. The molecule has 1 aromatic carbocycles. The molecule has 0 saturated carbocycles. The average molecular weight is 296 g/mol. The van der Waals surface area contributed by atoms with Gasteiger partial charge in [-0.05, 0) is 31.0 Å². The highest BCUT2D eigenvalue weighted by Crippen LogP contribution is 2.37. The lowest BCUT2D eigenvalue weighted by Gasteiger charge is -2.27. The first-order chi connectivity index (χ1) is 10.2. The summed E-state index contributed by atoms with van der Waals surface area (Å²) in [5.41, 5.74) is 1.65. The zero-order valence-electron chi connectivity index (χ0n) is 13.1. The molecule has 0 spiro atoms. The minimum Gasteiger partial charge on any atom is -0.493 e. The fourth-order valence-corrected chi connectivity index (χ4v) is 2.71. The molecule has 1 fully saturated rings. The van der Waals surface area contributed by atoms with Crippen molar-refractivity contribution in [3.05, 3.63) is 23.3 Å². The maximum Gasteiger partial charge on any atom is 0.166 e. The van der Waals surface area contributed by atoms with Gasteiger partial charge < -0.3 is 19.7 Å². The van der Waals surface area contributed by atoms with Gasteiger partial charge in [0.15, 0.2) is 11.5 Å². The van der Waals surface area contributed by atoms with Gasteiger partial charge in [0.05, 0.1) is 14.2 Å². The van der Waals surface area contributed by atoms with Crippen molar-refractivity contribution in [1.82, 2.24) is 10.2 Å². The maximum absolute atomic E-state index is 13.8. The van der Waals surface area contributed by atoms with Gasteiger partial charge in [-0.1, -0.05) is 0 Å². The zero-order valence-corrected chi connectivity index (χ0v) is 13.1. The van der Waals surface area contributed by atoms with E-state index in [1.807, 2.05) is 12.1 Å². The maximum atomic E-state index is 13.8. The third-order valence-corrected chi connectivity index (χ3v) is 3.92. The molecule has 0 bridgehead atoms. The summed E-state index contributed by atoms with van der Waals surface area (Å²) in [6, 6.07) is 3.85. The van der Waals surface area contributed by atoms with Crippen LogP contribution < -0.4 is 14.8 Å². The Morgan fingerprint density at radius 3 is 2.52 bits per heavy atom. The lowest BCUT2D eigenvalue weighted by Crippen LogP contribution is -2.44. The summed E-state index contributed by atoms with van der Waals surface area (Å²) in [6.45, 7) is 6.73. The number of hydrogen-bond acceptors (Lipinski definition) is 4. The lowest BCUT2D eigenvalue weighted by atomic mass is 10.0. The second-order valence-corrected chi connectivity index (χ2v) is 5.38. The molecule has 2 rings (SSSR count). The van der Waals surface area contributed by atoms with Gasteiger partial charge >= 0.3 is 0 Å². The SMILES string of the molecule is COc1cc(CCN2CCNCC2)cc(C(C)F)c1OC. The Kier molecular flexibility index (Phi) is 5.82. The molecule has 4 nitrogen and oxygen atoms in total. The van der Waals surface area contributed by atoms with Crippen LogP contribution in [-0.4, -0.2) is 51.8 Å². The Morgan fingerprint density at radius 2 is 1.95 bits per heavy atom. The lowest BCUT2D eigenvalue weighted by molar-refractivity contribution is 0.243. The molecular formula is C16H25FN2O2. The fourth-order valence-electron chi connectivity index (χ4n) is 2.71. The summed E-state index contributed by atoms with van der Waals surface area (Å²) < 4.78 is 24.5. The number of hydrogen-bond donors (Lipinski definition) is 1. The van der Waals surface area contributed by atoms with E-state index in [1.165, 1.54) is 6.92 Å². The summed E-state index contributed by atoms with van der Waals surface area (Å²) in [7, 11) is 3.13. The molecule has 1 aliphatic heterocycles. The van der Waals surface area contributed by atoms with Crippen molar-refractivity contribution in [3.8, 4) is 11.5 Å². The molecule has 1 N–H and O–H groups in total. The van der Waals surface area contributed by atoms with E-state index in [2.05, 4.69) is 10.2 Å². The number of rotatable bonds is 6. The van der Waals surface area contributed by atoms with Crippen LogP contribution >= 0.6 is 0 Å². The van der Waals surface area contributed by atoms with Crippen LogP contribution in [0.2, 0.25) is 0 Å². The Morgan fingerprint density at radius 1 is 1.24 bits per heavy atom. The highest BCUT2D eigenvalue weighted by Gasteiger charge is 2.17. The molecular weight excluding hydrogens is 271 g/mol. The first-order valence-corrected chi connectivity index (χ1v) is 7.47. The molecule has 118 valence electrons. The number of halogens is 1. The predicted octanol–water partition coefficient (Wildman–Crippen LogP) is 2.18.